The van der Waals surface area contributed by atoms with Crippen LogP contribution in [-0.2, 0) is 23.0 Å². The first-order valence-corrected chi connectivity index (χ1v) is 12.7. The number of benzene rings is 3. The van der Waals surface area contributed by atoms with E-state index in [9.17, 15) is 8.42 Å². The van der Waals surface area contributed by atoms with Crippen LogP contribution in [0.4, 0.5) is 0 Å². The quantitative estimate of drug-likeness (QED) is 0.430. The summed E-state index contributed by atoms with van der Waals surface area (Å²) >= 11 is 0. The second-order valence-corrected chi connectivity index (χ2v) is 11.1. The summed E-state index contributed by atoms with van der Waals surface area (Å²) in [4.78, 5) is 0.392. The van der Waals surface area contributed by atoms with Crippen molar-refractivity contribution in [1.82, 2.24) is 8.87 Å². The van der Waals surface area contributed by atoms with E-state index in [0.29, 0.717) is 17.4 Å². The molecule has 5 heteroatoms. The van der Waals surface area contributed by atoms with Crippen molar-refractivity contribution in [1.29, 1.82) is 0 Å². The standard InChI is InChI=1S/C27H26N2O2S/c1-19-11-13-22(14-12-19)32(30,31)29-18-21-15-24-23-9-5-6-10-25(23)28(27(24)26(29)16-21)17-20-7-3-2-4-8-20/h2-14,21,26H,15-18H2,1H3/t21-,26-/m0/s1. The van der Waals surface area contributed by atoms with Gasteiger partial charge in [0.05, 0.1) is 10.9 Å². The number of sulfonamides is 1. The molecule has 2 aliphatic rings. The fraction of sp³-hybridized carbons (Fsp3) is 0.259. The molecule has 1 aliphatic carbocycles. The van der Waals surface area contributed by atoms with Crippen molar-refractivity contribution in [2.24, 2.45) is 5.92 Å². The van der Waals surface area contributed by atoms with E-state index in [-0.39, 0.29) is 6.04 Å². The van der Waals surface area contributed by atoms with Gasteiger partial charge in [0.25, 0.3) is 0 Å². The van der Waals surface area contributed by atoms with E-state index >= 15 is 0 Å². The maximum atomic E-state index is 13.7. The van der Waals surface area contributed by atoms with Gasteiger partial charge < -0.3 is 4.57 Å². The minimum atomic E-state index is -3.56. The molecule has 1 aliphatic heterocycles. The minimum absolute atomic E-state index is 0.119. The molecule has 4 nitrogen and oxygen atoms in total. The first-order chi connectivity index (χ1) is 15.5. The number of aromatic nitrogens is 1. The van der Waals surface area contributed by atoms with Crippen molar-refractivity contribution < 1.29 is 8.42 Å². The van der Waals surface area contributed by atoms with Gasteiger partial charge in [0.2, 0.25) is 10.0 Å². The van der Waals surface area contributed by atoms with Crippen molar-refractivity contribution >= 4 is 20.9 Å². The van der Waals surface area contributed by atoms with Gasteiger partial charge in [-0.2, -0.15) is 4.31 Å². The number of nitrogens with zero attached hydrogens (tertiary/aromatic N) is 2. The van der Waals surface area contributed by atoms with Gasteiger partial charge in [-0.05, 0) is 55.0 Å². The van der Waals surface area contributed by atoms with Crippen LogP contribution in [0.1, 0.15) is 34.8 Å². The van der Waals surface area contributed by atoms with Crippen LogP contribution in [-0.4, -0.2) is 23.8 Å². The lowest BCUT2D eigenvalue weighted by atomic mass is 9.87. The summed E-state index contributed by atoms with van der Waals surface area (Å²) in [5.41, 5.74) is 6.00. The Bertz CT molecular complexity index is 1410. The van der Waals surface area contributed by atoms with E-state index < -0.39 is 10.0 Å². The SMILES string of the molecule is Cc1ccc(S(=O)(=O)N2C[C@H]3Cc4c(n(Cc5ccccc5)c5ccccc45)[C@@H]2C3)cc1. The third-order valence-electron chi connectivity index (χ3n) is 7.08. The van der Waals surface area contributed by atoms with E-state index in [2.05, 4.69) is 53.1 Å². The third-order valence-corrected chi connectivity index (χ3v) is 8.97. The Hall–Kier alpha value is -2.89. The molecule has 0 spiro atoms. The summed E-state index contributed by atoms with van der Waals surface area (Å²) in [6.45, 7) is 3.32. The minimum Gasteiger partial charge on any atom is -0.338 e. The Morgan fingerprint density at radius 3 is 2.41 bits per heavy atom. The molecule has 1 aromatic heterocycles. The second-order valence-electron chi connectivity index (χ2n) is 9.16. The van der Waals surface area contributed by atoms with Gasteiger partial charge in [0.1, 0.15) is 0 Å². The molecule has 0 N–H and O–H groups in total. The normalized spacial score (nSPS) is 20.5. The highest BCUT2D eigenvalue weighted by Gasteiger charge is 2.47. The maximum absolute atomic E-state index is 13.7. The molecule has 0 radical (unpaired) electrons. The van der Waals surface area contributed by atoms with Gasteiger partial charge in [0, 0.05) is 29.7 Å². The lowest BCUT2D eigenvalue weighted by Gasteiger charge is -2.27. The van der Waals surface area contributed by atoms with Gasteiger partial charge in [-0.15, -0.1) is 0 Å². The van der Waals surface area contributed by atoms with Gasteiger partial charge in [-0.3, -0.25) is 0 Å². The van der Waals surface area contributed by atoms with E-state index in [0.717, 1.165) is 24.9 Å². The number of hydrogen-bond donors (Lipinski definition) is 0. The summed E-state index contributed by atoms with van der Waals surface area (Å²) < 4.78 is 31.5. The highest BCUT2D eigenvalue weighted by Crippen LogP contribution is 2.49. The monoisotopic (exact) mass is 442 g/mol. The Labute approximate surface area is 189 Å². The highest BCUT2D eigenvalue weighted by atomic mass is 32.2. The number of fused-ring (bicyclic) bond motifs is 6. The number of aryl methyl sites for hydroxylation is 1. The van der Waals surface area contributed by atoms with Crippen molar-refractivity contribution in [3.63, 3.8) is 0 Å². The molecule has 6 rings (SSSR count). The number of hydrogen-bond acceptors (Lipinski definition) is 2. The first-order valence-electron chi connectivity index (χ1n) is 11.2. The van der Waals surface area contributed by atoms with Crippen LogP contribution in [0.25, 0.3) is 10.9 Å². The molecular weight excluding hydrogens is 416 g/mol. The lowest BCUT2D eigenvalue weighted by Crippen LogP contribution is -2.32. The largest absolute Gasteiger partial charge is 0.338 e. The molecule has 1 fully saturated rings. The average molecular weight is 443 g/mol. The topological polar surface area (TPSA) is 42.3 Å². The predicted octanol–water partition coefficient (Wildman–Crippen LogP) is 5.31. The molecule has 3 aromatic carbocycles. The summed E-state index contributed by atoms with van der Waals surface area (Å²) in [6.07, 6.45) is 1.83. The molecule has 0 unspecified atom stereocenters. The lowest BCUT2D eigenvalue weighted by molar-refractivity contribution is 0.383. The van der Waals surface area contributed by atoms with Crippen molar-refractivity contribution in [3.8, 4) is 0 Å². The third kappa shape index (κ3) is 3.03. The smallest absolute Gasteiger partial charge is 0.243 e. The molecule has 162 valence electrons. The molecule has 2 atom stereocenters. The van der Waals surface area contributed by atoms with Crippen molar-refractivity contribution in [2.75, 3.05) is 6.54 Å². The van der Waals surface area contributed by atoms with Crippen LogP contribution in [0, 0.1) is 12.8 Å². The van der Waals surface area contributed by atoms with E-state index in [1.165, 1.54) is 27.7 Å². The molecule has 32 heavy (non-hydrogen) atoms. The fourth-order valence-corrected chi connectivity index (χ4v) is 7.29. The molecular formula is C27H26N2O2S. The zero-order chi connectivity index (χ0) is 21.9. The van der Waals surface area contributed by atoms with Crippen LogP contribution in [0.5, 0.6) is 0 Å². The van der Waals surface area contributed by atoms with E-state index in [1.54, 1.807) is 16.4 Å². The van der Waals surface area contributed by atoms with Gasteiger partial charge >= 0.3 is 0 Å². The Morgan fingerprint density at radius 1 is 0.906 bits per heavy atom. The number of rotatable bonds is 4. The van der Waals surface area contributed by atoms with Gasteiger partial charge in [0.15, 0.2) is 0 Å². The van der Waals surface area contributed by atoms with Gasteiger partial charge in [-0.1, -0.05) is 66.2 Å². The molecule has 0 amide bonds. The zero-order valence-corrected chi connectivity index (χ0v) is 18.9. The summed E-state index contributed by atoms with van der Waals surface area (Å²) in [6, 6.07) is 26.1. The maximum Gasteiger partial charge on any atom is 0.243 e. The van der Waals surface area contributed by atoms with Crippen LogP contribution in [0.2, 0.25) is 0 Å². The second kappa shape index (κ2) is 7.32. The van der Waals surface area contributed by atoms with Crippen LogP contribution < -0.4 is 0 Å². The van der Waals surface area contributed by atoms with E-state index in [4.69, 9.17) is 0 Å². The summed E-state index contributed by atoms with van der Waals surface area (Å²) in [5, 5.41) is 1.27. The zero-order valence-electron chi connectivity index (χ0n) is 18.1. The summed E-state index contributed by atoms with van der Waals surface area (Å²) in [5.74, 6) is 0.365. The fourth-order valence-electron chi connectivity index (χ4n) is 5.61. The molecule has 0 saturated carbocycles. The molecule has 1 saturated heterocycles. The number of para-hydroxylation sites is 1. The molecule has 2 heterocycles. The van der Waals surface area contributed by atoms with Crippen molar-refractivity contribution in [2.45, 2.75) is 37.2 Å². The Kier molecular flexibility index (Phi) is 4.52. The molecule has 4 aromatic rings. The van der Waals surface area contributed by atoms with Crippen LogP contribution >= 0.6 is 0 Å². The van der Waals surface area contributed by atoms with E-state index in [1.807, 2.05) is 25.1 Å². The van der Waals surface area contributed by atoms with Crippen molar-refractivity contribution in [3.05, 3.63) is 101 Å². The Morgan fingerprint density at radius 2 is 1.62 bits per heavy atom. The Balaban J connectivity index is 1.51. The van der Waals surface area contributed by atoms with Gasteiger partial charge in [-0.25, -0.2) is 8.42 Å². The first kappa shape index (κ1) is 19.8. The summed E-state index contributed by atoms with van der Waals surface area (Å²) in [7, 11) is -3.56. The highest BCUT2D eigenvalue weighted by molar-refractivity contribution is 7.89. The average Bonchev–Trinajstić information content (AvgIpc) is 3.31. The predicted molar refractivity (Wildman–Crippen MR) is 127 cm³/mol. The van der Waals surface area contributed by atoms with Crippen LogP contribution in [0.3, 0.4) is 0 Å². The van der Waals surface area contributed by atoms with Crippen LogP contribution in [0.15, 0.2) is 83.8 Å². The molecule has 2 bridgehead atoms.